The van der Waals surface area contributed by atoms with E-state index >= 15 is 0 Å². The summed E-state index contributed by atoms with van der Waals surface area (Å²) in [6.07, 6.45) is 15.0. The largest absolute Gasteiger partial charge is 0.260 e. The van der Waals surface area contributed by atoms with E-state index in [0.29, 0.717) is 0 Å². The molecule has 0 amide bonds. The van der Waals surface area contributed by atoms with Gasteiger partial charge in [-0.2, -0.15) is 0 Å². The second-order valence-electron chi connectivity index (χ2n) is 4.14. The first-order chi connectivity index (χ1) is 7.83. The van der Waals surface area contributed by atoms with Gasteiger partial charge in [-0.05, 0) is 25.8 Å². The number of rotatable bonds is 7. The van der Waals surface area contributed by atoms with Crippen LogP contribution >= 0.6 is 0 Å². The van der Waals surface area contributed by atoms with Gasteiger partial charge in [0.2, 0.25) is 0 Å². The first-order valence-electron chi connectivity index (χ1n) is 6.59. The minimum absolute atomic E-state index is 1.06. The van der Waals surface area contributed by atoms with Crippen molar-refractivity contribution in [1.29, 1.82) is 0 Å². The van der Waals surface area contributed by atoms with E-state index < -0.39 is 0 Å². The topological polar surface area (TPSA) is 8.81 Å². The molecule has 1 aromatic rings. The molecule has 0 aromatic carbocycles. The first-order valence-corrected chi connectivity index (χ1v) is 6.59. The quantitative estimate of drug-likeness (QED) is 0.493. The lowest BCUT2D eigenvalue weighted by molar-refractivity contribution is -0.700. The molecule has 2 heteroatoms. The third-order valence-electron chi connectivity index (χ3n) is 2.93. The Morgan fingerprint density at radius 2 is 2.06 bits per heavy atom. The molecule has 1 aromatic heterocycles. The number of nitrogens with zero attached hydrogens (tertiary/aromatic N) is 2. The number of unbranched alkanes of at least 4 members (excludes halogenated alkanes) is 3. The summed E-state index contributed by atoms with van der Waals surface area (Å²) in [6, 6.07) is 0. The highest BCUT2D eigenvalue weighted by atomic mass is 15.1. The summed E-state index contributed by atoms with van der Waals surface area (Å²) < 4.78 is 4.55. The van der Waals surface area contributed by atoms with Gasteiger partial charge in [-0.15, -0.1) is 0 Å². The third-order valence-corrected chi connectivity index (χ3v) is 2.93. The van der Waals surface area contributed by atoms with Crippen molar-refractivity contribution in [1.82, 2.24) is 4.57 Å². The van der Waals surface area contributed by atoms with Crippen LogP contribution in [0.5, 0.6) is 0 Å². The van der Waals surface area contributed by atoms with Crippen LogP contribution in [0.25, 0.3) is 6.20 Å². The molecule has 0 atom stereocenters. The highest BCUT2D eigenvalue weighted by molar-refractivity contribution is 5.22. The van der Waals surface area contributed by atoms with E-state index in [1.165, 1.54) is 31.5 Å². The summed E-state index contributed by atoms with van der Waals surface area (Å²) in [7, 11) is 0. The van der Waals surface area contributed by atoms with Gasteiger partial charge < -0.3 is 0 Å². The van der Waals surface area contributed by atoms with Gasteiger partial charge in [-0.25, -0.2) is 9.13 Å². The maximum Gasteiger partial charge on any atom is 0.260 e. The van der Waals surface area contributed by atoms with E-state index in [4.69, 9.17) is 0 Å². The maximum atomic E-state index is 2.30. The molecular weight excluding hydrogens is 196 g/mol. The molecule has 0 radical (unpaired) electrons. The molecular formula is C14H25N2+. The molecule has 0 unspecified atom stereocenters. The number of hydrogen-bond donors (Lipinski definition) is 0. The third kappa shape index (κ3) is 3.51. The zero-order valence-electron chi connectivity index (χ0n) is 10.9. The molecule has 0 bridgehead atoms. The van der Waals surface area contributed by atoms with Gasteiger partial charge in [0, 0.05) is 6.42 Å². The van der Waals surface area contributed by atoms with Crippen molar-refractivity contribution in [3.63, 3.8) is 0 Å². The average molecular weight is 221 g/mol. The molecule has 0 saturated carbocycles. The normalized spacial score (nSPS) is 11.4. The van der Waals surface area contributed by atoms with Gasteiger partial charge in [-0.3, -0.25) is 0 Å². The maximum absolute atomic E-state index is 2.30. The van der Waals surface area contributed by atoms with E-state index in [1.54, 1.807) is 0 Å². The van der Waals surface area contributed by atoms with Crippen LogP contribution in [0.4, 0.5) is 0 Å². The highest BCUT2D eigenvalue weighted by Gasteiger charge is 2.10. The molecule has 1 rings (SSSR count). The summed E-state index contributed by atoms with van der Waals surface area (Å²) in [6.45, 7) is 7.70. The Kier molecular flexibility index (Phi) is 5.91. The first kappa shape index (κ1) is 13.0. The lowest BCUT2D eigenvalue weighted by Crippen LogP contribution is -2.35. The predicted molar refractivity (Wildman–Crippen MR) is 69.2 cm³/mol. The highest BCUT2D eigenvalue weighted by Crippen LogP contribution is 2.03. The fraction of sp³-hybridized carbons (Fsp3) is 0.643. The minimum atomic E-state index is 1.06. The van der Waals surface area contributed by atoms with Crippen molar-refractivity contribution in [2.24, 2.45) is 0 Å². The lowest BCUT2D eigenvalue weighted by atomic mass is 10.2. The SMILES string of the molecule is CCCCCC=Cn1cc[n+](CC)c1CC. The Morgan fingerprint density at radius 3 is 2.69 bits per heavy atom. The van der Waals surface area contributed by atoms with Gasteiger partial charge in [0.05, 0.1) is 12.7 Å². The number of aromatic nitrogens is 2. The summed E-state index contributed by atoms with van der Waals surface area (Å²) in [5, 5.41) is 0. The second kappa shape index (κ2) is 7.26. The van der Waals surface area contributed by atoms with Crippen molar-refractivity contribution in [3.05, 3.63) is 24.3 Å². The van der Waals surface area contributed by atoms with E-state index in [-0.39, 0.29) is 0 Å². The fourth-order valence-electron chi connectivity index (χ4n) is 1.98. The summed E-state index contributed by atoms with van der Waals surface area (Å²) in [5.74, 6) is 1.38. The average Bonchev–Trinajstić information content (AvgIpc) is 2.71. The van der Waals surface area contributed by atoms with Crippen molar-refractivity contribution >= 4 is 6.20 Å². The van der Waals surface area contributed by atoms with Crippen LogP contribution in [-0.2, 0) is 13.0 Å². The van der Waals surface area contributed by atoms with E-state index in [1.807, 2.05) is 0 Å². The Hall–Kier alpha value is -1.05. The Labute approximate surface area is 99.6 Å². The smallest absolute Gasteiger partial charge is 0.234 e. The Balaban J connectivity index is 2.55. The molecule has 0 spiro atoms. The van der Waals surface area contributed by atoms with Crippen LogP contribution in [0.15, 0.2) is 18.5 Å². The Bertz CT molecular complexity index is 323. The van der Waals surface area contributed by atoms with Gasteiger partial charge >= 0.3 is 0 Å². The van der Waals surface area contributed by atoms with E-state index in [9.17, 15) is 0 Å². The van der Waals surface area contributed by atoms with Crippen LogP contribution in [0.2, 0.25) is 0 Å². The molecule has 0 N–H and O–H groups in total. The molecule has 1 heterocycles. The van der Waals surface area contributed by atoms with Gasteiger partial charge in [-0.1, -0.05) is 26.7 Å². The van der Waals surface area contributed by atoms with Gasteiger partial charge in [0.15, 0.2) is 0 Å². The molecule has 0 fully saturated rings. The molecule has 16 heavy (non-hydrogen) atoms. The molecule has 0 aliphatic rings. The van der Waals surface area contributed by atoms with Crippen LogP contribution in [0.1, 0.15) is 52.3 Å². The lowest BCUT2D eigenvalue weighted by Gasteiger charge is -1.96. The van der Waals surface area contributed by atoms with Gasteiger partial charge in [0.25, 0.3) is 5.82 Å². The van der Waals surface area contributed by atoms with Crippen molar-refractivity contribution in [3.8, 4) is 0 Å². The molecule has 2 nitrogen and oxygen atoms in total. The zero-order valence-corrected chi connectivity index (χ0v) is 10.9. The minimum Gasteiger partial charge on any atom is -0.234 e. The van der Waals surface area contributed by atoms with Crippen molar-refractivity contribution in [2.45, 2.75) is 59.4 Å². The number of allylic oxidation sites excluding steroid dienone is 1. The fourth-order valence-corrected chi connectivity index (χ4v) is 1.98. The summed E-state index contributed by atoms with van der Waals surface area (Å²) in [5.41, 5.74) is 0. The molecule has 0 aliphatic carbocycles. The summed E-state index contributed by atoms with van der Waals surface area (Å²) in [4.78, 5) is 0. The van der Waals surface area contributed by atoms with Crippen LogP contribution in [-0.4, -0.2) is 4.57 Å². The van der Waals surface area contributed by atoms with Crippen LogP contribution < -0.4 is 4.57 Å². The number of aryl methyl sites for hydroxylation is 1. The van der Waals surface area contributed by atoms with Gasteiger partial charge in [0.1, 0.15) is 12.4 Å². The van der Waals surface area contributed by atoms with Crippen molar-refractivity contribution < 1.29 is 4.57 Å². The van der Waals surface area contributed by atoms with Crippen LogP contribution in [0.3, 0.4) is 0 Å². The van der Waals surface area contributed by atoms with E-state index in [0.717, 1.165) is 13.0 Å². The molecule has 0 aliphatic heterocycles. The second-order valence-corrected chi connectivity index (χ2v) is 4.14. The Morgan fingerprint density at radius 1 is 1.25 bits per heavy atom. The molecule has 90 valence electrons. The standard InChI is InChI=1S/C14H25N2/c1-4-7-8-9-10-11-16-13-12-15(6-3)14(16)5-2/h10-13H,4-9H2,1-3H3/q+1. The van der Waals surface area contributed by atoms with Crippen molar-refractivity contribution in [2.75, 3.05) is 0 Å². The number of imidazole rings is 1. The monoisotopic (exact) mass is 221 g/mol. The zero-order chi connectivity index (χ0) is 11.8. The predicted octanol–water partition coefficient (Wildman–Crippen LogP) is 3.41. The summed E-state index contributed by atoms with van der Waals surface area (Å²) >= 11 is 0. The van der Waals surface area contributed by atoms with E-state index in [2.05, 4.69) is 54.6 Å². The van der Waals surface area contributed by atoms with Crippen LogP contribution in [0, 0.1) is 0 Å². The molecule has 0 saturated heterocycles. The number of hydrogen-bond acceptors (Lipinski definition) is 0.